The van der Waals surface area contributed by atoms with E-state index < -0.39 is 11.7 Å². The molecule has 6 heteroatoms. The average molecular weight is 374 g/mol. The van der Waals surface area contributed by atoms with E-state index in [1.165, 1.54) is 13.0 Å². The molecule has 3 N–H and O–H groups in total. The van der Waals surface area contributed by atoms with Crippen LogP contribution in [0.25, 0.3) is 21.8 Å². The van der Waals surface area contributed by atoms with E-state index in [4.69, 9.17) is 5.73 Å². The molecule has 1 heterocycles. The third kappa shape index (κ3) is 3.09. The lowest BCUT2D eigenvalue weighted by Crippen LogP contribution is -2.11. The number of amides is 2. The molecule has 3 aromatic carbocycles. The van der Waals surface area contributed by atoms with Crippen molar-refractivity contribution < 1.29 is 14.0 Å². The van der Waals surface area contributed by atoms with Crippen LogP contribution in [-0.2, 0) is 11.3 Å². The van der Waals surface area contributed by atoms with E-state index in [1.54, 1.807) is 18.2 Å². The highest BCUT2D eigenvalue weighted by atomic mass is 19.1. The average Bonchev–Trinajstić information content (AvgIpc) is 2.94. The van der Waals surface area contributed by atoms with Gasteiger partial charge in [0.2, 0.25) is 11.8 Å². The van der Waals surface area contributed by atoms with Crippen LogP contribution in [0, 0.1) is 11.9 Å². The molecular formula is C22H17FN3O2. The summed E-state index contributed by atoms with van der Waals surface area (Å²) in [5, 5.41) is 3.87. The van der Waals surface area contributed by atoms with Gasteiger partial charge in [-0.2, -0.15) is 0 Å². The Morgan fingerprint density at radius 1 is 1.11 bits per heavy atom. The first-order valence-electron chi connectivity index (χ1n) is 8.73. The van der Waals surface area contributed by atoms with E-state index in [1.807, 2.05) is 34.9 Å². The van der Waals surface area contributed by atoms with E-state index in [-0.39, 0.29) is 5.91 Å². The van der Waals surface area contributed by atoms with Gasteiger partial charge in [0.1, 0.15) is 5.82 Å². The summed E-state index contributed by atoms with van der Waals surface area (Å²) in [5.41, 5.74) is 9.02. The number of anilines is 1. The molecule has 0 bridgehead atoms. The lowest BCUT2D eigenvalue weighted by molar-refractivity contribution is -0.114. The van der Waals surface area contributed by atoms with Crippen molar-refractivity contribution >= 4 is 39.3 Å². The van der Waals surface area contributed by atoms with Crippen molar-refractivity contribution in [2.75, 3.05) is 5.32 Å². The maximum absolute atomic E-state index is 13.9. The molecule has 2 amide bonds. The molecule has 0 aliphatic heterocycles. The molecule has 139 valence electrons. The highest BCUT2D eigenvalue weighted by molar-refractivity contribution is 6.17. The summed E-state index contributed by atoms with van der Waals surface area (Å²) in [6.07, 6.45) is 0. The van der Waals surface area contributed by atoms with Gasteiger partial charge < -0.3 is 15.6 Å². The number of primary amides is 1. The smallest absolute Gasteiger partial charge is 0.249 e. The Kier molecular flexibility index (Phi) is 4.31. The monoisotopic (exact) mass is 374 g/mol. The van der Waals surface area contributed by atoms with Gasteiger partial charge in [-0.3, -0.25) is 9.59 Å². The van der Waals surface area contributed by atoms with E-state index in [0.29, 0.717) is 28.6 Å². The summed E-state index contributed by atoms with van der Waals surface area (Å²) in [7, 11) is 0. The summed E-state index contributed by atoms with van der Waals surface area (Å²) in [6, 6.07) is 18.5. The second-order valence-corrected chi connectivity index (χ2v) is 6.60. The van der Waals surface area contributed by atoms with Gasteiger partial charge in [0.15, 0.2) is 0 Å². The van der Waals surface area contributed by atoms with Crippen LogP contribution in [-0.4, -0.2) is 16.4 Å². The van der Waals surface area contributed by atoms with Crippen molar-refractivity contribution in [3.8, 4) is 0 Å². The van der Waals surface area contributed by atoms with Crippen molar-refractivity contribution in [2.24, 2.45) is 5.73 Å². The number of carbonyl (C=O) groups excluding carboxylic acids is 2. The number of benzene rings is 3. The maximum Gasteiger partial charge on any atom is 0.249 e. The zero-order valence-corrected chi connectivity index (χ0v) is 15.1. The number of nitrogens with zero attached hydrogens (tertiary/aromatic N) is 1. The molecule has 0 fully saturated rings. The van der Waals surface area contributed by atoms with Gasteiger partial charge in [-0.05, 0) is 42.0 Å². The Morgan fingerprint density at radius 2 is 1.89 bits per heavy atom. The highest BCUT2D eigenvalue weighted by Crippen LogP contribution is 2.32. The van der Waals surface area contributed by atoms with Crippen molar-refractivity contribution in [1.82, 2.24) is 4.57 Å². The molecule has 5 nitrogen and oxygen atoms in total. The first kappa shape index (κ1) is 17.7. The maximum atomic E-state index is 13.9. The highest BCUT2D eigenvalue weighted by Gasteiger charge is 2.17. The molecule has 0 atom stereocenters. The summed E-state index contributed by atoms with van der Waals surface area (Å²) in [5.74, 6) is -1.22. The van der Waals surface area contributed by atoms with Gasteiger partial charge in [0.05, 0.1) is 11.0 Å². The SMILES string of the molecule is CC(=O)Nc1cccc(Cn2c3ccc(F)[c]c3c3c(C(N)=O)cccc32)c1. The Morgan fingerprint density at radius 3 is 2.64 bits per heavy atom. The summed E-state index contributed by atoms with van der Waals surface area (Å²) in [6.45, 7) is 1.92. The number of halogens is 1. The van der Waals surface area contributed by atoms with E-state index in [9.17, 15) is 14.0 Å². The predicted molar refractivity (Wildman–Crippen MR) is 107 cm³/mol. The number of nitrogens with two attached hydrogens (primary N) is 1. The molecule has 0 spiro atoms. The molecule has 4 rings (SSSR count). The van der Waals surface area contributed by atoms with Gasteiger partial charge in [-0.25, -0.2) is 4.39 Å². The van der Waals surface area contributed by atoms with Crippen molar-refractivity contribution in [3.05, 3.63) is 77.6 Å². The topological polar surface area (TPSA) is 77.1 Å². The predicted octanol–water partition coefficient (Wildman–Crippen LogP) is 3.84. The van der Waals surface area contributed by atoms with Gasteiger partial charge in [-0.15, -0.1) is 0 Å². The molecule has 0 saturated heterocycles. The number of hydrogen-bond donors (Lipinski definition) is 2. The van der Waals surface area contributed by atoms with Crippen LogP contribution in [0.5, 0.6) is 0 Å². The Balaban J connectivity index is 1.93. The molecule has 0 saturated carbocycles. The van der Waals surface area contributed by atoms with Crippen molar-refractivity contribution in [1.29, 1.82) is 0 Å². The Labute approximate surface area is 160 Å². The zero-order valence-electron chi connectivity index (χ0n) is 15.1. The van der Waals surface area contributed by atoms with Crippen LogP contribution < -0.4 is 11.1 Å². The number of fused-ring (bicyclic) bond motifs is 3. The summed E-state index contributed by atoms with van der Waals surface area (Å²) in [4.78, 5) is 23.2. The van der Waals surface area contributed by atoms with Gasteiger partial charge in [-0.1, -0.05) is 18.2 Å². The van der Waals surface area contributed by atoms with Crippen molar-refractivity contribution in [3.63, 3.8) is 0 Å². The minimum absolute atomic E-state index is 0.148. The molecule has 4 aromatic rings. The minimum atomic E-state index is -0.574. The molecule has 1 radical (unpaired) electrons. The van der Waals surface area contributed by atoms with Crippen molar-refractivity contribution in [2.45, 2.75) is 13.5 Å². The van der Waals surface area contributed by atoms with Gasteiger partial charge in [0.25, 0.3) is 0 Å². The molecule has 0 unspecified atom stereocenters. The van der Waals surface area contributed by atoms with E-state index in [0.717, 1.165) is 16.6 Å². The number of carbonyl (C=O) groups is 2. The largest absolute Gasteiger partial charge is 0.366 e. The molecule has 1 aromatic heterocycles. The van der Waals surface area contributed by atoms with Crippen LogP contribution in [0.1, 0.15) is 22.8 Å². The first-order chi connectivity index (χ1) is 13.4. The van der Waals surface area contributed by atoms with Crippen LogP contribution in [0.3, 0.4) is 0 Å². The number of nitrogens with one attached hydrogen (secondary N) is 1. The third-order valence-electron chi connectivity index (χ3n) is 4.62. The lowest BCUT2D eigenvalue weighted by Gasteiger charge is -2.10. The molecule has 28 heavy (non-hydrogen) atoms. The number of hydrogen-bond acceptors (Lipinski definition) is 2. The number of rotatable bonds is 4. The van der Waals surface area contributed by atoms with Crippen LogP contribution in [0.2, 0.25) is 0 Å². The van der Waals surface area contributed by atoms with E-state index in [2.05, 4.69) is 11.4 Å². The first-order valence-corrected chi connectivity index (χ1v) is 8.73. The normalized spacial score (nSPS) is 11.1. The quantitative estimate of drug-likeness (QED) is 0.569. The second-order valence-electron chi connectivity index (χ2n) is 6.60. The fourth-order valence-corrected chi connectivity index (χ4v) is 3.54. The Bertz CT molecular complexity index is 1240. The number of aromatic nitrogens is 1. The molecular weight excluding hydrogens is 357 g/mol. The zero-order chi connectivity index (χ0) is 19.8. The van der Waals surface area contributed by atoms with Gasteiger partial charge in [0, 0.05) is 41.6 Å². The lowest BCUT2D eigenvalue weighted by atomic mass is 10.1. The van der Waals surface area contributed by atoms with Crippen LogP contribution in [0.4, 0.5) is 10.1 Å². The van der Waals surface area contributed by atoms with Crippen LogP contribution >= 0.6 is 0 Å². The summed E-state index contributed by atoms with van der Waals surface area (Å²) < 4.78 is 15.9. The van der Waals surface area contributed by atoms with Crippen LogP contribution in [0.15, 0.2) is 54.6 Å². The molecule has 0 aliphatic rings. The fraction of sp³-hybridized carbons (Fsp3) is 0.0909. The second kappa shape index (κ2) is 6.81. The van der Waals surface area contributed by atoms with Gasteiger partial charge >= 0.3 is 0 Å². The standard InChI is InChI=1S/C22H17FN3O2/c1-13(27)25-16-5-2-4-14(10-16)12-26-19-9-8-15(23)11-18(19)21-17(22(24)28)6-3-7-20(21)26/h2-10H,12H2,1H3,(H2,24,28)(H,25,27). The Hall–Kier alpha value is -3.67. The minimum Gasteiger partial charge on any atom is -0.366 e. The third-order valence-corrected chi connectivity index (χ3v) is 4.62. The summed E-state index contributed by atoms with van der Waals surface area (Å²) >= 11 is 0. The molecule has 0 aliphatic carbocycles. The fourth-order valence-electron chi connectivity index (χ4n) is 3.54. The van der Waals surface area contributed by atoms with E-state index >= 15 is 0 Å².